The number of nitrogens with two attached hydrogens (primary N) is 1. The number of halogens is 2. The molecule has 6 nitrogen and oxygen atoms in total. The molecule has 0 bridgehead atoms. The minimum absolute atomic E-state index is 0.0176. The topological polar surface area (TPSA) is 83.0 Å². The van der Waals surface area contributed by atoms with Gasteiger partial charge in [0.15, 0.2) is 17.3 Å². The van der Waals surface area contributed by atoms with Crippen molar-refractivity contribution in [3.8, 4) is 5.82 Å². The van der Waals surface area contributed by atoms with Crippen LogP contribution in [0.2, 0.25) is 0 Å². The van der Waals surface area contributed by atoms with Crippen LogP contribution in [0.5, 0.6) is 0 Å². The molecule has 0 aromatic carbocycles. The molecule has 2 N–H and O–H groups in total. The first-order valence-corrected chi connectivity index (χ1v) is 5.36. The molecule has 2 rings (SSSR count). The largest absolute Gasteiger partial charge is 0.461 e. The molecule has 0 amide bonds. The van der Waals surface area contributed by atoms with Crippen LogP contribution in [0.1, 0.15) is 17.4 Å². The van der Waals surface area contributed by atoms with Gasteiger partial charge in [-0.1, -0.05) is 0 Å². The van der Waals surface area contributed by atoms with E-state index < -0.39 is 17.6 Å². The van der Waals surface area contributed by atoms with Gasteiger partial charge < -0.3 is 10.5 Å². The van der Waals surface area contributed by atoms with E-state index in [2.05, 4.69) is 10.1 Å². The minimum Gasteiger partial charge on any atom is -0.461 e. The molecule has 100 valence electrons. The molecule has 19 heavy (non-hydrogen) atoms. The second-order valence-electron chi connectivity index (χ2n) is 3.56. The van der Waals surface area contributed by atoms with E-state index in [0.717, 1.165) is 10.9 Å². The third-order valence-corrected chi connectivity index (χ3v) is 2.22. The van der Waals surface area contributed by atoms with Gasteiger partial charge in [0, 0.05) is 6.07 Å². The van der Waals surface area contributed by atoms with Crippen LogP contribution in [-0.2, 0) is 4.74 Å². The third kappa shape index (κ3) is 2.51. The minimum atomic E-state index is -0.919. The van der Waals surface area contributed by atoms with Crippen molar-refractivity contribution in [2.75, 3.05) is 12.3 Å². The average molecular weight is 268 g/mol. The summed E-state index contributed by atoms with van der Waals surface area (Å²) in [6, 6.07) is 0.657. The van der Waals surface area contributed by atoms with Crippen LogP contribution in [0.25, 0.3) is 5.82 Å². The van der Waals surface area contributed by atoms with E-state index in [-0.39, 0.29) is 23.8 Å². The van der Waals surface area contributed by atoms with Crippen LogP contribution in [0, 0.1) is 11.6 Å². The zero-order valence-electron chi connectivity index (χ0n) is 9.93. The summed E-state index contributed by atoms with van der Waals surface area (Å²) in [6.07, 6.45) is 2.04. The summed E-state index contributed by atoms with van der Waals surface area (Å²) in [5.74, 6) is -2.71. The fraction of sp³-hybridized carbons (Fsp3) is 0.182. The molecule has 0 aliphatic heterocycles. The van der Waals surface area contributed by atoms with Crippen molar-refractivity contribution >= 4 is 11.7 Å². The van der Waals surface area contributed by atoms with E-state index in [1.54, 1.807) is 6.92 Å². The lowest BCUT2D eigenvalue weighted by Gasteiger charge is -2.01. The maximum absolute atomic E-state index is 13.5. The van der Waals surface area contributed by atoms with Crippen molar-refractivity contribution in [3.05, 3.63) is 35.8 Å². The Morgan fingerprint density at radius 3 is 2.89 bits per heavy atom. The van der Waals surface area contributed by atoms with Gasteiger partial charge in [-0.05, 0) is 6.92 Å². The normalized spacial score (nSPS) is 10.5. The fourth-order valence-corrected chi connectivity index (χ4v) is 1.43. The number of pyridine rings is 1. The van der Waals surface area contributed by atoms with Crippen molar-refractivity contribution in [2.45, 2.75) is 6.92 Å². The van der Waals surface area contributed by atoms with Gasteiger partial charge in [-0.25, -0.2) is 23.2 Å². The molecule has 8 heteroatoms. The lowest BCUT2D eigenvalue weighted by molar-refractivity contribution is 0.0520. The number of anilines is 1. The van der Waals surface area contributed by atoms with E-state index in [1.165, 1.54) is 6.20 Å². The van der Waals surface area contributed by atoms with Crippen molar-refractivity contribution in [2.24, 2.45) is 0 Å². The van der Waals surface area contributed by atoms with Gasteiger partial charge in [0.1, 0.15) is 5.82 Å². The molecule has 0 fully saturated rings. The fourth-order valence-electron chi connectivity index (χ4n) is 1.43. The molecule has 0 spiro atoms. The number of nitrogens with zero attached hydrogens (tertiary/aromatic N) is 3. The number of hydrogen-bond donors (Lipinski definition) is 1. The Hall–Kier alpha value is -2.51. The molecule has 0 saturated carbocycles. The Morgan fingerprint density at radius 2 is 2.26 bits per heavy atom. The number of carbonyl (C=O) groups is 1. The van der Waals surface area contributed by atoms with Gasteiger partial charge in [-0.3, -0.25) is 0 Å². The molecule has 2 aromatic rings. The van der Waals surface area contributed by atoms with Crippen molar-refractivity contribution in [3.63, 3.8) is 0 Å². The van der Waals surface area contributed by atoms with Crippen molar-refractivity contribution in [1.29, 1.82) is 0 Å². The first-order valence-electron chi connectivity index (χ1n) is 5.36. The zero-order valence-corrected chi connectivity index (χ0v) is 9.93. The van der Waals surface area contributed by atoms with Gasteiger partial charge in [0.2, 0.25) is 0 Å². The highest BCUT2D eigenvalue weighted by molar-refractivity contribution is 5.92. The van der Waals surface area contributed by atoms with Gasteiger partial charge in [-0.15, -0.1) is 0 Å². The Balaban J connectivity index is 2.42. The van der Waals surface area contributed by atoms with Crippen molar-refractivity contribution in [1.82, 2.24) is 14.8 Å². The second-order valence-corrected chi connectivity index (χ2v) is 3.56. The number of aromatic nitrogens is 3. The summed E-state index contributed by atoms with van der Waals surface area (Å²) in [5.41, 5.74) is 5.45. The molecular formula is C11H10F2N4O2. The number of carbonyl (C=O) groups excluding carboxylic acids is 1. The van der Waals surface area contributed by atoms with Crippen LogP contribution in [0.4, 0.5) is 14.5 Å². The first kappa shape index (κ1) is 12.9. The van der Waals surface area contributed by atoms with Gasteiger partial charge >= 0.3 is 5.97 Å². The molecule has 0 saturated heterocycles. The second kappa shape index (κ2) is 5.01. The van der Waals surface area contributed by atoms with Gasteiger partial charge in [-0.2, -0.15) is 5.10 Å². The summed E-state index contributed by atoms with van der Waals surface area (Å²) >= 11 is 0. The molecule has 0 unspecified atom stereocenters. The zero-order chi connectivity index (χ0) is 14.0. The molecular weight excluding hydrogens is 258 g/mol. The number of nitrogen functional groups attached to an aromatic ring is 1. The molecule has 2 heterocycles. The van der Waals surface area contributed by atoms with Crippen LogP contribution in [-0.4, -0.2) is 27.3 Å². The SMILES string of the molecule is CCOC(=O)c1nn(-c2ncc(F)cc2F)cc1N. The highest BCUT2D eigenvalue weighted by Gasteiger charge is 2.18. The summed E-state index contributed by atoms with van der Waals surface area (Å²) in [5, 5.41) is 3.78. The molecule has 0 aliphatic carbocycles. The maximum atomic E-state index is 13.5. The first-order chi connectivity index (χ1) is 9.02. The highest BCUT2D eigenvalue weighted by Crippen LogP contribution is 2.16. The molecule has 0 aliphatic rings. The summed E-state index contributed by atoms with van der Waals surface area (Å²) in [7, 11) is 0. The van der Waals surface area contributed by atoms with Crippen molar-refractivity contribution < 1.29 is 18.3 Å². The Bertz CT molecular complexity index is 627. The standard InChI is InChI=1S/C11H10F2N4O2/c1-2-19-11(18)9-8(14)5-17(16-9)10-7(13)3-6(12)4-15-10/h3-5H,2,14H2,1H3. The number of esters is 1. The highest BCUT2D eigenvalue weighted by atomic mass is 19.1. The molecule has 2 aromatic heterocycles. The van der Waals surface area contributed by atoms with E-state index in [1.807, 2.05) is 0 Å². The summed E-state index contributed by atoms with van der Waals surface area (Å²) in [4.78, 5) is 15.0. The van der Waals surface area contributed by atoms with Crippen LogP contribution < -0.4 is 5.73 Å². The lowest BCUT2D eigenvalue weighted by atomic mass is 10.4. The third-order valence-electron chi connectivity index (χ3n) is 2.22. The van der Waals surface area contributed by atoms with E-state index >= 15 is 0 Å². The Labute approximate surface area is 106 Å². The van der Waals surface area contributed by atoms with Crippen LogP contribution in [0.3, 0.4) is 0 Å². The monoisotopic (exact) mass is 268 g/mol. The smallest absolute Gasteiger partial charge is 0.361 e. The predicted molar refractivity (Wildman–Crippen MR) is 61.6 cm³/mol. The van der Waals surface area contributed by atoms with Crippen LogP contribution >= 0.6 is 0 Å². The average Bonchev–Trinajstić information content (AvgIpc) is 2.71. The Kier molecular flexibility index (Phi) is 3.41. The quantitative estimate of drug-likeness (QED) is 0.848. The Morgan fingerprint density at radius 1 is 1.53 bits per heavy atom. The maximum Gasteiger partial charge on any atom is 0.361 e. The molecule has 0 atom stereocenters. The van der Waals surface area contributed by atoms with Gasteiger partial charge in [0.05, 0.1) is 24.7 Å². The van der Waals surface area contributed by atoms with E-state index in [4.69, 9.17) is 10.5 Å². The number of rotatable bonds is 3. The van der Waals surface area contributed by atoms with Gasteiger partial charge in [0.25, 0.3) is 0 Å². The number of hydrogen-bond acceptors (Lipinski definition) is 5. The van der Waals surface area contributed by atoms with E-state index in [0.29, 0.717) is 6.07 Å². The summed E-state index contributed by atoms with van der Waals surface area (Å²) < 4.78 is 31.9. The number of ether oxygens (including phenoxy) is 1. The summed E-state index contributed by atoms with van der Waals surface area (Å²) in [6.45, 7) is 1.79. The molecule has 0 radical (unpaired) electrons. The van der Waals surface area contributed by atoms with E-state index in [9.17, 15) is 13.6 Å². The lowest BCUT2D eigenvalue weighted by Crippen LogP contribution is -2.09. The predicted octanol–water partition coefficient (Wildman–Crippen LogP) is 1.30. The van der Waals surface area contributed by atoms with Crippen LogP contribution in [0.15, 0.2) is 18.5 Å².